The van der Waals surface area contributed by atoms with E-state index in [0.29, 0.717) is 35.2 Å². The fourth-order valence-corrected chi connectivity index (χ4v) is 2.92. The zero-order chi connectivity index (χ0) is 18.9. The molecule has 1 atom stereocenters. The fraction of sp³-hybridized carbons (Fsp3) is 0.278. The number of benzene rings is 1. The maximum absolute atomic E-state index is 14.5. The summed E-state index contributed by atoms with van der Waals surface area (Å²) in [4.78, 5) is 22.6. The summed E-state index contributed by atoms with van der Waals surface area (Å²) in [6, 6.07) is 7.50. The van der Waals surface area contributed by atoms with Gasteiger partial charge in [-0.15, -0.1) is 0 Å². The number of aliphatic imine (C=N–C) groups is 1. The number of rotatable bonds is 3. The molecule has 2 heterocycles. The van der Waals surface area contributed by atoms with Crippen LogP contribution in [0.2, 0.25) is 5.02 Å². The molecule has 136 valence electrons. The Morgan fingerprint density at radius 1 is 1.38 bits per heavy atom. The van der Waals surface area contributed by atoms with Crippen molar-refractivity contribution in [2.45, 2.75) is 18.9 Å². The highest BCUT2D eigenvalue weighted by atomic mass is 35.5. The van der Waals surface area contributed by atoms with Crippen LogP contribution in [-0.2, 0) is 5.54 Å². The normalized spacial score (nSPS) is 19.8. The molecule has 3 N–H and O–H groups in total. The van der Waals surface area contributed by atoms with Crippen LogP contribution in [-0.4, -0.2) is 35.3 Å². The number of carbonyl (C=O) groups excluding carboxylic acids is 1. The number of anilines is 1. The van der Waals surface area contributed by atoms with E-state index in [-0.39, 0.29) is 5.69 Å². The summed E-state index contributed by atoms with van der Waals surface area (Å²) in [6.45, 7) is 2.49. The smallest absolute Gasteiger partial charge is 0.274 e. The summed E-state index contributed by atoms with van der Waals surface area (Å²) in [5, 5.41) is 3.16. The molecule has 0 aliphatic carbocycles. The van der Waals surface area contributed by atoms with Crippen LogP contribution in [0.5, 0.6) is 0 Å². The first-order valence-electron chi connectivity index (χ1n) is 8.08. The molecule has 1 aromatic carbocycles. The Morgan fingerprint density at radius 2 is 2.15 bits per heavy atom. The topological polar surface area (TPSA) is 83.6 Å². The van der Waals surface area contributed by atoms with E-state index in [0.717, 1.165) is 0 Å². The Balaban J connectivity index is 1.88. The summed E-state index contributed by atoms with van der Waals surface area (Å²) in [5.41, 5.74) is 6.18. The van der Waals surface area contributed by atoms with Crippen molar-refractivity contribution in [1.29, 1.82) is 0 Å². The zero-order valence-electron chi connectivity index (χ0n) is 14.5. The Kier molecular flexibility index (Phi) is 4.82. The van der Waals surface area contributed by atoms with Gasteiger partial charge in [-0.2, -0.15) is 0 Å². The van der Waals surface area contributed by atoms with Crippen LogP contribution >= 0.6 is 11.6 Å². The van der Waals surface area contributed by atoms with Crippen molar-refractivity contribution >= 4 is 29.2 Å². The van der Waals surface area contributed by atoms with E-state index < -0.39 is 17.3 Å². The van der Waals surface area contributed by atoms with Crippen LogP contribution in [0.4, 0.5) is 10.1 Å². The average Bonchev–Trinajstić information content (AvgIpc) is 2.60. The molecule has 0 unspecified atom stereocenters. The third-order valence-electron chi connectivity index (χ3n) is 4.45. The SMILES string of the molecule is CN1CC[C@@](C)(c2cc(NC(=O)c3ccc(Cl)cn3)ccc2F)N=C1N. The van der Waals surface area contributed by atoms with Crippen LogP contribution in [0.3, 0.4) is 0 Å². The van der Waals surface area contributed by atoms with Gasteiger partial charge < -0.3 is 16.0 Å². The number of hydrogen-bond donors (Lipinski definition) is 2. The molecule has 0 saturated heterocycles. The van der Waals surface area contributed by atoms with Crippen molar-refractivity contribution < 1.29 is 9.18 Å². The van der Waals surface area contributed by atoms with E-state index in [1.54, 1.807) is 12.1 Å². The maximum Gasteiger partial charge on any atom is 0.274 e. The number of aromatic nitrogens is 1. The number of guanidine groups is 1. The van der Waals surface area contributed by atoms with Gasteiger partial charge in [0.25, 0.3) is 5.91 Å². The molecule has 1 amide bonds. The van der Waals surface area contributed by atoms with E-state index in [1.165, 1.54) is 24.4 Å². The Hall–Kier alpha value is -2.67. The number of nitrogens with zero attached hydrogens (tertiary/aromatic N) is 3. The van der Waals surface area contributed by atoms with E-state index in [4.69, 9.17) is 17.3 Å². The van der Waals surface area contributed by atoms with Gasteiger partial charge in [0.2, 0.25) is 0 Å². The first-order chi connectivity index (χ1) is 12.3. The second kappa shape index (κ2) is 6.92. The zero-order valence-corrected chi connectivity index (χ0v) is 15.2. The van der Waals surface area contributed by atoms with Crippen molar-refractivity contribution in [2.75, 3.05) is 18.9 Å². The highest BCUT2D eigenvalue weighted by molar-refractivity contribution is 6.30. The lowest BCUT2D eigenvalue weighted by Crippen LogP contribution is -2.44. The van der Waals surface area contributed by atoms with Crippen LogP contribution in [0.15, 0.2) is 41.5 Å². The minimum Gasteiger partial charge on any atom is -0.370 e. The number of amides is 1. The molecular weight excluding hydrogens is 357 g/mol. The Morgan fingerprint density at radius 3 is 2.81 bits per heavy atom. The molecule has 0 bridgehead atoms. The molecule has 26 heavy (non-hydrogen) atoms. The van der Waals surface area contributed by atoms with Crippen LogP contribution < -0.4 is 11.1 Å². The molecule has 0 saturated carbocycles. The molecule has 0 radical (unpaired) electrons. The van der Waals surface area contributed by atoms with Gasteiger partial charge in [-0.05, 0) is 43.7 Å². The van der Waals surface area contributed by atoms with Crippen molar-refractivity contribution in [3.63, 3.8) is 0 Å². The predicted molar refractivity (Wildman–Crippen MR) is 99.8 cm³/mol. The van der Waals surface area contributed by atoms with Gasteiger partial charge in [0, 0.05) is 31.0 Å². The number of nitrogens with two attached hydrogens (primary N) is 1. The van der Waals surface area contributed by atoms with Gasteiger partial charge >= 0.3 is 0 Å². The third-order valence-corrected chi connectivity index (χ3v) is 4.67. The van der Waals surface area contributed by atoms with E-state index in [9.17, 15) is 9.18 Å². The molecule has 1 aromatic heterocycles. The molecule has 0 fully saturated rings. The van der Waals surface area contributed by atoms with Gasteiger partial charge in [-0.25, -0.2) is 14.4 Å². The third kappa shape index (κ3) is 3.62. The van der Waals surface area contributed by atoms with Crippen molar-refractivity contribution in [2.24, 2.45) is 10.7 Å². The average molecular weight is 376 g/mol. The van der Waals surface area contributed by atoms with E-state index in [2.05, 4.69) is 15.3 Å². The molecule has 2 aromatic rings. The second-order valence-electron chi connectivity index (χ2n) is 6.43. The molecular formula is C18H19ClFN5O. The molecule has 0 spiro atoms. The Bertz CT molecular complexity index is 870. The van der Waals surface area contributed by atoms with E-state index in [1.807, 2.05) is 18.9 Å². The lowest BCUT2D eigenvalue weighted by atomic mass is 9.87. The Labute approximate surface area is 155 Å². The van der Waals surface area contributed by atoms with Crippen molar-refractivity contribution in [3.05, 3.63) is 58.6 Å². The maximum atomic E-state index is 14.5. The van der Waals surface area contributed by atoms with Crippen LogP contribution in [0.25, 0.3) is 0 Å². The summed E-state index contributed by atoms with van der Waals surface area (Å²) in [6.07, 6.45) is 2.00. The van der Waals surface area contributed by atoms with Crippen molar-refractivity contribution in [1.82, 2.24) is 9.88 Å². The van der Waals surface area contributed by atoms with Crippen molar-refractivity contribution in [3.8, 4) is 0 Å². The number of halogens is 2. The molecule has 3 rings (SSSR count). The highest BCUT2D eigenvalue weighted by Gasteiger charge is 2.33. The van der Waals surface area contributed by atoms with Crippen LogP contribution in [0, 0.1) is 5.82 Å². The molecule has 8 heteroatoms. The number of hydrogen-bond acceptors (Lipinski definition) is 5. The predicted octanol–water partition coefficient (Wildman–Crippen LogP) is 2.99. The molecule has 6 nitrogen and oxygen atoms in total. The summed E-state index contributed by atoms with van der Waals surface area (Å²) < 4.78 is 14.5. The molecule has 1 aliphatic heterocycles. The quantitative estimate of drug-likeness (QED) is 0.863. The molecule has 1 aliphatic rings. The summed E-state index contributed by atoms with van der Waals surface area (Å²) in [5.74, 6) is -0.440. The lowest BCUT2D eigenvalue weighted by molar-refractivity contribution is 0.102. The number of carbonyl (C=O) groups is 1. The number of nitrogens with one attached hydrogen (secondary N) is 1. The first kappa shape index (κ1) is 18.1. The minimum atomic E-state index is -0.792. The van der Waals surface area contributed by atoms with Gasteiger partial charge in [-0.1, -0.05) is 11.6 Å². The summed E-state index contributed by atoms with van der Waals surface area (Å²) in [7, 11) is 1.84. The van der Waals surface area contributed by atoms with Gasteiger partial charge in [0.1, 0.15) is 11.5 Å². The standard InChI is InChI=1S/C18H19ClFN5O/c1-18(7-8-25(2)17(21)24-18)13-9-12(4-5-14(13)20)23-16(26)15-6-3-11(19)10-22-15/h3-6,9-10H,7-8H2,1-2H3,(H2,21,24)(H,23,26)/t18-/m0/s1. The van der Waals surface area contributed by atoms with Gasteiger partial charge in [0.05, 0.1) is 10.6 Å². The van der Waals surface area contributed by atoms with Gasteiger partial charge in [0.15, 0.2) is 5.96 Å². The second-order valence-corrected chi connectivity index (χ2v) is 6.86. The fourth-order valence-electron chi connectivity index (χ4n) is 2.81. The largest absolute Gasteiger partial charge is 0.370 e. The first-order valence-corrected chi connectivity index (χ1v) is 8.46. The highest BCUT2D eigenvalue weighted by Crippen LogP contribution is 2.35. The lowest BCUT2D eigenvalue weighted by Gasteiger charge is -2.35. The minimum absolute atomic E-state index is 0.216. The van der Waals surface area contributed by atoms with Crippen LogP contribution in [0.1, 0.15) is 29.4 Å². The van der Waals surface area contributed by atoms with E-state index >= 15 is 0 Å². The summed E-state index contributed by atoms with van der Waals surface area (Å²) >= 11 is 5.78. The monoisotopic (exact) mass is 375 g/mol. The number of pyridine rings is 1. The van der Waals surface area contributed by atoms with Gasteiger partial charge in [-0.3, -0.25) is 4.79 Å².